The van der Waals surface area contributed by atoms with Crippen LogP contribution in [0.15, 0.2) is 48.1 Å². The fourth-order valence-corrected chi connectivity index (χ4v) is 1.12. The second-order valence-electron chi connectivity index (χ2n) is 3.39. The Bertz CT molecular complexity index is 418. The van der Waals surface area contributed by atoms with E-state index in [1.165, 1.54) is 19.9 Å². The molecule has 0 amide bonds. The lowest BCUT2D eigenvalue weighted by atomic mass is 10.0. The first-order chi connectivity index (χ1) is 7.93. The third-order valence-electron chi connectivity index (χ3n) is 2.01. The van der Waals surface area contributed by atoms with Gasteiger partial charge in [0.15, 0.2) is 17.3 Å². The molecule has 0 heterocycles. The monoisotopic (exact) mass is 232 g/mol. The van der Waals surface area contributed by atoms with Crippen LogP contribution in [0.3, 0.4) is 0 Å². The van der Waals surface area contributed by atoms with E-state index in [4.69, 9.17) is 0 Å². The van der Waals surface area contributed by atoms with Crippen LogP contribution in [0.5, 0.6) is 0 Å². The Morgan fingerprint density at radius 3 is 1.94 bits per heavy atom. The number of carbonyl (C=O) groups is 3. The van der Waals surface area contributed by atoms with Gasteiger partial charge >= 0.3 is 0 Å². The molecule has 0 N–H and O–H groups in total. The molecule has 17 heavy (non-hydrogen) atoms. The zero-order valence-corrected chi connectivity index (χ0v) is 10.3. The van der Waals surface area contributed by atoms with Gasteiger partial charge in [0.1, 0.15) is 0 Å². The summed E-state index contributed by atoms with van der Waals surface area (Å²) in [4.78, 5) is 34.0. The molecule has 3 nitrogen and oxygen atoms in total. The molecule has 3 heteroatoms. The molecule has 0 aliphatic rings. The zero-order valence-electron chi connectivity index (χ0n) is 10.3. The Labute approximate surface area is 101 Å². The standard InChI is InChI=1S/C14H16O3/c1-5-7-8-12(6-2)14(17)9-13(10(3)15)11(4)16/h5-9H,2H2,1,3-4H3/b7-5-,12-8+. The average Bonchev–Trinajstić information content (AvgIpc) is 2.26. The number of hydrogen-bond donors (Lipinski definition) is 0. The minimum atomic E-state index is -0.416. The van der Waals surface area contributed by atoms with E-state index >= 15 is 0 Å². The van der Waals surface area contributed by atoms with Gasteiger partial charge in [-0.3, -0.25) is 14.4 Å². The fraction of sp³-hybridized carbons (Fsp3) is 0.214. The van der Waals surface area contributed by atoms with E-state index in [1.54, 1.807) is 18.2 Å². The summed E-state index contributed by atoms with van der Waals surface area (Å²) in [6, 6.07) is 0. The van der Waals surface area contributed by atoms with E-state index in [2.05, 4.69) is 6.58 Å². The second-order valence-corrected chi connectivity index (χ2v) is 3.39. The number of Topliss-reactive ketones (excluding diaryl/α,β-unsaturated/α-hetero) is 2. The lowest BCUT2D eigenvalue weighted by molar-refractivity contribution is -0.120. The Kier molecular flexibility index (Phi) is 6.41. The summed E-state index contributed by atoms with van der Waals surface area (Å²) in [7, 11) is 0. The van der Waals surface area contributed by atoms with Crippen molar-refractivity contribution in [2.24, 2.45) is 0 Å². The van der Waals surface area contributed by atoms with Crippen LogP contribution in [0.25, 0.3) is 0 Å². The number of rotatable bonds is 6. The Balaban J connectivity index is 5.29. The summed E-state index contributed by atoms with van der Waals surface area (Å²) in [5, 5.41) is 0. The summed E-state index contributed by atoms with van der Waals surface area (Å²) in [5.41, 5.74) is 0.242. The van der Waals surface area contributed by atoms with Crippen molar-refractivity contribution >= 4 is 17.3 Å². The predicted molar refractivity (Wildman–Crippen MR) is 67.5 cm³/mol. The van der Waals surface area contributed by atoms with E-state index in [-0.39, 0.29) is 5.57 Å². The van der Waals surface area contributed by atoms with E-state index in [9.17, 15) is 14.4 Å². The van der Waals surface area contributed by atoms with Crippen LogP contribution in [0.1, 0.15) is 20.8 Å². The van der Waals surface area contributed by atoms with Crippen LogP contribution in [0.2, 0.25) is 0 Å². The molecule has 0 fully saturated rings. The topological polar surface area (TPSA) is 51.2 Å². The summed E-state index contributed by atoms with van der Waals surface area (Å²) in [5.74, 6) is -1.24. The van der Waals surface area contributed by atoms with Gasteiger partial charge in [0.05, 0.1) is 5.57 Å². The third kappa shape index (κ3) is 5.02. The molecule has 0 atom stereocenters. The van der Waals surface area contributed by atoms with Gasteiger partial charge in [0, 0.05) is 11.6 Å². The van der Waals surface area contributed by atoms with Gasteiger partial charge in [-0.2, -0.15) is 0 Å². The van der Waals surface area contributed by atoms with Crippen LogP contribution in [-0.2, 0) is 14.4 Å². The number of ketones is 3. The van der Waals surface area contributed by atoms with Crippen LogP contribution >= 0.6 is 0 Å². The van der Waals surface area contributed by atoms with Crippen molar-refractivity contribution in [3.8, 4) is 0 Å². The maximum Gasteiger partial charge on any atom is 0.186 e. The molecule has 0 bridgehead atoms. The SMILES string of the molecule is C=C/C(=C\C=C/C)C(=O)C=C(C(C)=O)C(C)=O. The van der Waals surface area contributed by atoms with Crippen molar-refractivity contribution in [2.45, 2.75) is 20.8 Å². The highest BCUT2D eigenvalue weighted by molar-refractivity contribution is 6.23. The summed E-state index contributed by atoms with van der Waals surface area (Å²) < 4.78 is 0. The van der Waals surface area contributed by atoms with E-state index < -0.39 is 17.3 Å². The van der Waals surface area contributed by atoms with Crippen LogP contribution in [0, 0.1) is 0 Å². The van der Waals surface area contributed by atoms with Crippen molar-refractivity contribution in [2.75, 3.05) is 0 Å². The van der Waals surface area contributed by atoms with Gasteiger partial charge in [-0.1, -0.05) is 30.9 Å². The summed E-state index contributed by atoms with van der Waals surface area (Å²) in [6.07, 6.45) is 7.46. The molecule has 0 saturated heterocycles. The Morgan fingerprint density at radius 2 is 1.59 bits per heavy atom. The molecule has 0 saturated carbocycles. The molecule has 0 aromatic carbocycles. The van der Waals surface area contributed by atoms with Gasteiger partial charge < -0.3 is 0 Å². The smallest absolute Gasteiger partial charge is 0.186 e. The van der Waals surface area contributed by atoms with Gasteiger partial charge in [0.2, 0.25) is 0 Å². The van der Waals surface area contributed by atoms with Gasteiger partial charge in [-0.25, -0.2) is 0 Å². The first kappa shape index (κ1) is 15.0. The fourth-order valence-electron chi connectivity index (χ4n) is 1.12. The largest absolute Gasteiger partial charge is 0.294 e. The molecular weight excluding hydrogens is 216 g/mol. The maximum absolute atomic E-state index is 11.7. The highest BCUT2D eigenvalue weighted by Gasteiger charge is 2.12. The molecule has 0 rings (SSSR count). The zero-order chi connectivity index (χ0) is 13.4. The van der Waals surface area contributed by atoms with Crippen molar-refractivity contribution in [3.05, 3.63) is 48.1 Å². The van der Waals surface area contributed by atoms with Crippen molar-refractivity contribution < 1.29 is 14.4 Å². The number of allylic oxidation sites excluding steroid dienone is 7. The van der Waals surface area contributed by atoms with Crippen molar-refractivity contribution in [1.29, 1.82) is 0 Å². The molecule has 0 aromatic heterocycles. The lowest BCUT2D eigenvalue weighted by Gasteiger charge is -1.99. The molecular formula is C14H16O3. The molecule has 0 radical (unpaired) electrons. The molecule has 90 valence electrons. The quantitative estimate of drug-likeness (QED) is 0.306. The van der Waals surface area contributed by atoms with Crippen LogP contribution < -0.4 is 0 Å². The summed E-state index contributed by atoms with van der Waals surface area (Å²) in [6.45, 7) is 7.83. The average molecular weight is 232 g/mol. The first-order valence-electron chi connectivity index (χ1n) is 5.17. The predicted octanol–water partition coefficient (Wildman–Crippen LogP) is 2.35. The maximum atomic E-state index is 11.7. The molecule has 0 aliphatic heterocycles. The van der Waals surface area contributed by atoms with Gasteiger partial charge in [-0.15, -0.1) is 0 Å². The minimum Gasteiger partial charge on any atom is -0.294 e. The Hall–Kier alpha value is -2.03. The number of carbonyl (C=O) groups excluding carboxylic acids is 3. The number of hydrogen-bond acceptors (Lipinski definition) is 3. The third-order valence-corrected chi connectivity index (χ3v) is 2.01. The van der Waals surface area contributed by atoms with E-state index in [1.807, 2.05) is 6.92 Å². The normalized spacial score (nSPS) is 11.1. The van der Waals surface area contributed by atoms with Gasteiger partial charge in [0.25, 0.3) is 0 Å². The van der Waals surface area contributed by atoms with Gasteiger partial charge in [-0.05, 0) is 20.8 Å². The highest BCUT2D eigenvalue weighted by Crippen LogP contribution is 2.05. The van der Waals surface area contributed by atoms with E-state index in [0.29, 0.717) is 5.57 Å². The Morgan fingerprint density at radius 1 is 1.06 bits per heavy atom. The molecule has 0 aliphatic carbocycles. The highest BCUT2D eigenvalue weighted by atomic mass is 16.2. The van der Waals surface area contributed by atoms with E-state index in [0.717, 1.165) is 6.08 Å². The van der Waals surface area contributed by atoms with Crippen LogP contribution in [0.4, 0.5) is 0 Å². The van der Waals surface area contributed by atoms with Crippen LogP contribution in [-0.4, -0.2) is 17.3 Å². The molecule has 0 unspecified atom stereocenters. The minimum absolute atomic E-state index is 0.0942. The van der Waals surface area contributed by atoms with Crippen molar-refractivity contribution in [1.82, 2.24) is 0 Å². The lowest BCUT2D eigenvalue weighted by Crippen LogP contribution is -2.09. The van der Waals surface area contributed by atoms with Crippen molar-refractivity contribution in [3.63, 3.8) is 0 Å². The molecule has 0 aromatic rings. The first-order valence-corrected chi connectivity index (χ1v) is 5.17. The summed E-state index contributed by atoms with van der Waals surface area (Å²) >= 11 is 0. The molecule has 0 spiro atoms. The second kappa shape index (κ2) is 7.28.